The molecule has 1 fully saturated rings. The zero-order chi connectivity index (χ0) is 26.0. The standard InChI is InChI=1S/C24H30N7O5/c1-23(2)13-7-6-12(8-14(13)24(3,4)31(23)35)9-26-19-15-20(28-10-27-19)30(11-29-15)22-17(33)16(32)18(36-22)21(34)25-5/h6-8,10-11,16-18,22,32-33H,9H2,1-5H3,(H,25,34)(H,26,27,28)/t16-,17+,18-,22+/m0/s1. The molecular weight excluding hydrogens is 466 g/mol. The lowest BCUT2D eigenvalue weighted by atomic mass is 9.89. The summed E-state index contributed by atoms with van der Waals surface area (Å²) in [4.78, 5) is 25.0. The number of rotatable bonds is 5. The molecule has 12 heteroatoms. The SMILES string of the molecule is CNC(=O)[C@H]1O[C@@H](n2cnc3c(NCc4ccc5c(c4)C(C)(C)N([O])C5(C)C)ncnc32)[C@H](O)[C@@H]1O. The van der Waals surface area contributed by atoms with Crippen molar-refractivity contribution in [3.63, 3.8) is 0 Å². The summed E-state index contributed by atoms with van der Waals surface area (Å²) in [5.41, 5.74) is 2.56. The molecule has 0 unspecified atom stereocenters. The zero-order valence-electron chi connectivity index (χ0n) is 20.8. The number of aromatic nitrogens is 4. The zero-order valence-corrected chi connectivity index (χ0v) is 20.8. The van der Waals surface area contributed by atoms with Gasteiger partial charge >= 0.3 is 0 Å². The average Bonchev–Trinajstić information content (AvgIpc) is 3.45. The molecule has 1 saturated heterocycles. The molecule has 2 aromatic heterocycles. The van der Waals surface area contributed by atoms with Crippen LogP contribution in [0.1, 0.15) is 50.6 Å². The van der Waals surface area contributed by atoms with Crippen LogP contribution in [-0.4, -0.2) is 66.1 Å². The van der Waals surface area contributed by atoms with E-state index in [-0.39, 0.29) is 0 Å². The summed E-state index contributed by atoms with van der Waals surface area (Å²) in [6.07, 6.45) is -2.22. The third kappa shape index (κ3) is 3.56. The van der Waals surface area contributed by atoms with E-state index in [0.717, 1.165) is 21.8 Å². The van der Waals surface area contributed by atoms with E-state index in [1.807, 2.05) is 45.9 Å². The summed E-state index contributed by atoms with van der Waals surface area (Å²) in [6.45, 7) is 8.15. The smallest absolute Gasteiger partial charge is 0.251 e. The molecule has 3 aromatic rings. The van der Waals surface area contributed by atoms with Crippen molar-refractivity contribution in [3.05, 3.63) is 47.5 Å². The van der Waals surface area contributed by atoms with Crippen molar-refractivity contribution < 1.29 is 25.0 Å². The van der Waals surface area contributed by atoms with Gasteiger partial charge in [-0.3, -0.25) is 9.36 Å². The van der Waals surface area contributed by atoms with Crippen molar-refractivity contribution >= 4 is 22.9 Å². The number of carbonyl (C=O) groups excluding carboxylic acids is 1. The topological polar surface area (TPSA) is 158 Å². The summed E-state index contributed by atoms with van der Waals surface area (Å²) in [6, 6.07) is 6.04. The fourth-order valence-electron chi connectivity index (χ4n) is 5.26. The van der Waals surface area contributed by atoms with Gasteiger partial charge in [-0.1, -0.05) is 18.2 Å². The third-order valence-electron chi connectivity index (χ3n) is 7.25. The summed E-state index contributed by atoms with van der Waals surface area (Å²) < 4.78 is 7.12. The maximum absolute atomic E-state index is 12.9. The number of hydrogen-bond donors (Lipinski definition) is 4. The molecule has 12 nitrogen and oxygen atoms in total. The van der Waals surface area contributed by atoms with Crippen molar-refractivity contribution in [1.82, 2.24) is 29.9 Å². The number of benzene rings is 1. The molecule has 4 atom stereocenters. The molecule has 1 radical (unpaired) electrons. The number of aliphatic hydroxyl groups excluding tert-OH is 2. The van der Waals surface area contributed by atoms with Crippen LogP contribution in [0.5, 0.6) is 0 Å². The second kappa shape index (κ2) is 8.46. The molecular formula is C24H30N7O5. The minimum absolute atomic E-state index is 0.375. The monoisotopic (exact) mass is 496 g/mol. The van der Waals surface area contributed by atoms with Crippen molar-refractivity contribution in [2.24, 2.45) is 0 Å². The van der Waals surface area contributed by atoms with Gasteiger partial charge in [-0.2, -0.15) is 0 Å². The molecule has 4 N–H and O–H groups in total. The second-order valence-electron chi connectivity index (χ2n) is 10.2. The number of carbonyl (C=O) groups is 1. The first kappa shape index (κ1) is 24.5. The van der Waals surface area contributed by atoms with E-state index in [4.69, 9.17) is 4.74 Å². The molecule has 4 heterocycles. The van der Waals surface area contributed by atoms with Crippen LogP contribution in [0.25, 0.3) is 11.2 Å². The maximum Gasteiger partial charge on any atom is 0.251 e. The molecule has 191 valence electrons. The van der Waals surface area contributed by atoms with Gasteiger partial charge in [-0.05, 0) is 44.4 Å². The average molecular weight is 497 g/mol. The molecule has 1 aromatic carbocycles. The minimum Gasteiger partial charge on any atom is -0.387 e. The second-order valence-corrected chi connectivity index (χ2v) is 10.2. The van der Waals surface area contributed by atoms with E-state index in [1.165, 1.54) is 24.3 Å². The number of ether oxygens (including phenoxy) is 1. The number of nitrogens with one attached hydrogen (secondary N) is 2. The van der Waals surface area contributed by atoms with Crippen LogP contribution in [0.3, 0.4) is 0 Å². The van der Waals surface area contributed by atoms with Crippen molar-refractivity contribution in [2.75, 3.05) is 12.4 Å². The lowest BCUT2D eigenvalue weighted by molar-refractivity contribution is -0.266. The van der Waals surface area contributed by atoms with Crippen LogP contribution in [0, 0.1) is 0 Å². The highest BCUT2D eigenvalue weighted by Gasteiger charge is 2.50. The van der Waals surface area contributed by atoms with Gasteiger partial charge in [0.2, 0.25) is 0 Å². The van der Waals surface area contributed by atoms with E-state index in [0.29, 0.717) is 23.5 Å². The number of amides is 1. The molecule has 0 bridgehead atoms. The van der Waals surface area contributed by atoms with Crippen molar-refractivity contribution in [1.29, 1.82) is 0 Å². The van der Waals surface area contributed by atoms with Crippen LogP contribution in [0.2, 0.25) is 0 Å². The number of likely N-dealkylation sites (N-methyl/N-ethyl adjacent to an activating group) is 1. The first-order valence-corrected chi connectivity index (χ1v) is 11.7. The molecule has 0 saturated carbocycles. The highest BCUT2D eigenvalue weighted by atomic mass is 16.6. The third-order valence-corrected chi connectivity index (χ3v) is 7.25. The van der Waals surface area contributed by atoms with E-state index < -0.39 is 41.5 Å². The predicted molar refractivity (Wildman–Crippen MR) is 128 cm³/mol. The number of nitrogens with zero attached hydrogens (tertiary/aromatic N) is 5. The van der Waals surface area contributed by atoms with Crippen LogP contribution < -0.4 is 10.6 Å². The maximum atomic E-state index is 12.9. The van der Waals surface area contributed by atoms with Crippen molar-refractivity contribution in [3.8, 4) is 0 Å². The first-order valence-electron chi connectivity index (χ1n) is 11.7. The highest BCUT2D eigenvalue weighted by molar-refractivity contribution is 5.83. The Hall–Kier alpha value is -3.16. The van der Waals surface area contributed by atoms with Gasteiger partial charge in [0.15, 0.2) is 29.3 Å². The normalized spacial score (nSPS) is 26.8. The molecule has 36 heavy (non-hydrogen) atoms. The van der Waals surface area contributed by atoms with Gasteiger partial charge in [-0.15, -0.1) is 10.3 Å². The van der Waals surface area contributed by atoms with Gasteiger partial charge in [0.1, 0.15) is 18.5 Å². The Labute approximate surface area is 207 Å². The minimum atomic E-state index is -1.40. The van der Waals surface area contributed by atoms with Crippen LogP contribution in [0.4, 0.5) is 5.82 Å². The van der Waals surface area contributed by atoms with E-state index in [2.05, 4.69) is 25.6 Å². The summed E-state index contributed by atoms with van der Waals surface area (Å²) in [5.74, 6) is -0.0633. The highest BCUT2D eigenvalue weighted by Crippen LogP contribution is 2.48. The lowest BCUT2D eigenvalue weighted by Gasteiger charge is -2.32. The van der Waals surface area contributed by atoms with Crippen LogP contribution in [-0.2, 0) is 32.4 Å². The Morgan fingerprint density at radius 3 is 2.53 bits per heavy atom. The molecule has 5 rings (SSSR count). The number of anilines is 1. The Morgan fingerprint density at radius 1 is 1.08 bits per heavy atom. The van der Waals surface area contributed by atoms with Gasteiger partial charge < -0.3 is 25.6 Å². The number of fused-ring (bicyclic) bond motifs is 2. The predicted octanol–water partition coefficient (Wildman–Crippen LogP) is 0.935. The Bertz CT molecular complexity index is 1320. The fourth-order valence-corrected chi connectivity index (χ4v) is 5.26. The molecule has 0 aliphatic carbocycles. The number of aliphatic hydroxyl groups is 2. The Balaban J connectivity index is 1.39. The molecule has 0 spiro atoms. The van der Waals surface area contributed by atoms with Gasteiger partial charge in [-0.25, -0.2) is 15.0 Å². The number of hydrogen-bond acceptors (Lipinski definition) is 9. The fraction of sp³-hybridized carbons (Fsp3) is 0.500. The van der Waals surface area contributed by atoms with E-state index in [9.17, 15) is 20.2 Å². The largest absolute Gasteiger partial charge is 0.387 e. The quantitative estimate of drug-likeness (QED) is 0.403. The first-order chi connectivity index (χ1) is 17.0. The summed E-state index contributed by atoms with van der Waals surface area (Å²) in [5, 5.41) is 40.5. The van der Waals surface area contributed by atoms with Gasteiger partial charge in [0.05, 0.1) is 17.4 Å². The Morgan fingerprint density at radius 2 is 1.81 bits per heavy atom. The van der Waals surface area contributed by atoms with E-state index >= 15 is 0 Å². The van der Waals surface area contributed by atoms with Gasteiger partial charge in [0, 0.05) is 13.6 Å². The van der Waals surface area contributed by atoms with Crippen LogP contribution in [0.15, 0.2) is 30.9 Å². The van der Waals surface area contributed by atoms with Crippen LogP contribution >= 0.6 is 0 Å². The summed E-state index contributed by atoms with van der Waals surface area (Å²) in [7, 11) is 1.43. The number of imidazole rings is 1. The number of hydroxylamine groups is 2. The lowest BCUT2D eigenvalue weighted by Crippen LogP contribution is -2.41. The molecule has 1 amide bonds. The molecule has 2 aliphatic rings. The van der Waals surface area contributed by atoms with Crippen molar-refractivity contribution in [2.45, 2.75) is 69.9 Å². The summed E-state index contributed by atoms with van der Waals surface area (Å²) >= 11 is 0. The van der Waals surface area contributed by atoms with E-state index in [1.54, 1.807) is 0 Å². The molecule has 2 aliphatic heterocycles. The van der Waals surface area contributed by atoms with Gasteiger partial charge in [0.25, 0.3) is 5.91 Å². The Kier molecular flexibility index (Phi) is 5.76.